The van der Waals surface area contributed by atoms with Crippen LogP contribution in [0.4, 0.5) is 15.8 Å². The molecule has 2 aromatic heterocycles. The molecule has 3 heterocycles. The predicted octanol–water partition coefficient (Wildman–Crippen LogP) is 3.39. The van der Waals surface area contributed by atoms with Gasteiger partial charge >= 0.3 is 6.01 Å². The molecule has 1 amide bonds. The molecule has 1 saturated heterocycles. The third-order valence-corrected chi connectivity index (χ3v) is 7.41. The van der Waals surface area contributed by atoms with Gasteiger partial charge in [-0.1, -0.05) is 0 Å². The Morgan fingerprint density at radius 2 is 1.97 bits per heavy atom. The Labute approximate surface area is 225 Å². The lowest BCUT2D eigenvalue weighted by atomic mass is 10.0. The Kier molecular flexibility index (Phi) is 6.56. The van der Waals surface area contributed by atoms with E-state index in [1.807, 2.05) is 6.07 Å². The number of nitrogens with one attached hydrogen (secondary N) is 2. The van der Waals surface area contributed by atoms with Crippen LogP contribution in [0.3, 0.4) is 0 Å². The van der Waals surface area contributed by atoms with Gasteiger partial charge in [0.15, 0.2) is 5.82 Å². The summed E-state index contributed by atoms with van der Waals surface area (Å²) in [5.41, 5.74) is 2.29. The number of carbonyl (C=O) groups is 1. The number of ether oxygens (including phenoxy) is 1. The van der Waals surface area contributed by atoms with Crippen LogP contribution in [0.1, 0.15) is 43.5 Å². The number of nitrogens with zero attached hydrogens (tertiary/aromatic N) is 5. The normalized spacial score (nSPS) is 23.5. The van der Waals surface area contributed by atoms with E-state index in [-0.39, 0.29) is 17.6 Å². The second-order valence-electron chi connectivity index (χ2n) is 10.8. The SMILES string of the molecule is C[C@@H]1CN(c2ccc(C(=O)Nc3cc(F)c4nn(C)cc4c3)c3nc(O[C@H]4CC[C@@H](O)C4)ncc23)C[C@H](C)N1. The first-order valence-corrected chi connectivity index (χ1v) is 13.3. The average molecular weight is 534 g/mol. The Balaban J connectivity index is 1.38. The number of aliphatic hydroxyl groups excluding tert-OH is 1. The van der Waals surface area contributed by atoms with Crippen LogP contribution >= 0.6 is 0 Å². The van der Waals surface area contributed by atoms with Crippen molar-refractivity contribution in [2.75, 3.05) is 23.3 Å². The van der Waals surface area contributed by atoms with Gasteiger partial charge in [0, 0.05) is 73.2 Å². The van der Waals surface area contributed by atoms with Crippen molar-refractivity contribution in [2.45, 2.75) is 57.4 Å². The molecule has 0 bridgehead atoms. The number of aryl methyl sites for hydroxylation is 1. The van der Waals surface area contributed by atoms with Gasteiger partial charge in [0.05, 0.1) is 17.2 Å². The van der Waals surface area contributed by atoms with Crippen molar-refractivity contribution in [3.63, 3.8) is 0 Å². The maximum atomic E-state index is 14.7. The van der Waals surface area contributed by atoms with Gasteiger partial charge in [-0.15, -0.1) is 0 Å². The van der Waals surface area contributed by atoms with Crippen molar-refractivity contribution in [3.05, 3.63) is 48.0 Å². The zero-order valence-corrected chi connectivity index (χ0v) is 22.2. The first-order chi connectivity index (χ1) is 18.7. The van der Waals surface area contributed by atoms with Crippen LogP contribution in [0.25, 0.3) is 21.8 Å². The Morgan fingerprint density at radius 3 is 2.72 bits per heavy atom. The number of aliphatic hydroxyl groups is 1. The zero-order valence-electron chi connectivity index (χ0n) is 22.2. The highest BCUT2D eigenvalue weighted by Crippen LogP contribution is 2.32. The van der Waals surface area contributed by atoms with Crippen molar-refractivity contribution in [1.29, 1.82) is 0 Å². The van der Waals surface area contributed by atoms with Gasteiger partial charge in [-0.3, -0.25) is 9.48 Å². The number of piperazine rings is 1. The van der Waals surface area contributed by atoms with Crippen molar-refractivity contribution < 1.29 is 19.0 Å². The number of halogens is 1. The number of carbonyl (C=O) groups excluding carboxylic acids is 1. The molecule has 6 rings (SSSR count). The van der Waals surface area contributed by atoms with E-state index in [0.29, 0.717) is 47.1 Å². The van der Waals surface area contributed by atoms with E-state index in [4.69, 9.17) is 4.74 Å². The van der Waals surface area contributed by atoms with E-state index in [2.05, 4.69) is 44.4 Å². The van der Waals surface area contributed by atoms with Gasteiger partial charge in [0.2, 0.25) is 0 Å². The summed E-state index contributed by atoms with van der Waals surface area (Å²) in [6.45, 7) is 5.88. The molecule has 11 heteroatoms. The molecular weight excluding hydrogens is 501 g/mol. The molecule has 1 saturated carbocycles. The predicted molar refractivity (Wildman–Crippen MR) is 147 cm³/mol. The van der Waals surface area contributed by atoms with Gasteiger partial charge in [0.1, 0.15) is 11.6 Å². The quantitative estimate of drug-likeness (QED) is 0.358. The lowest BCUT2D eigenvalue weighted by molar-refractivity contribution is 0.102. The van der Waals surface area contributed by atoms with Crippen molar-refractivity contribution in [2.24, 2.45) is 7.05 Å². The van der Waals surface area contributed by atoms with Crippen LogP contribution in [0.15, 0.2) is 36.7 Å². The first kappa shape index (κ1) is 25.4. The smallest absolute Gasteiger partial charge is 0.317 e. The summed E-state index contributed by atoms with van der Waals surface area (Å²) in [6, 6.07) is 7.38. The number of hydrogen-bond donors (Lipinski definition) is 3. The molecule has 4 atom stereocenters. The molecule has 3 N–H and O–H groups in total. The molecule has 1 aliphatic heterocycles. The highest BCUT2D eigenvalue weighted by atomic mass is 19.1. The van der Waals surface area contributed by atoms with Gasteiger partial charge in [-0.05, 0) is 51.0 Å². The number of aromatic nitrogens is 4. The van der Waals surface area contributed by atoms with Crippen molar-refractivity contribution in [1.82, 2.24) is 25.1 Å². The van der Waals surface area contributed by atoms with Crippen LogP contribution < -0.4 is 20.3 Å². The van der Waals surface area contributed by atoms with Crippen LogP contribution in [0.2, 0.25) is 0 Å². The average Bonchev–Trinajstić information content (AvgIpc) is 3.47. The summed E-state index contributed by atoms with van der Waals surface area (Å²) in [7, 11) is 1.72. The van der Waals surface area contributed by atoms with E-state index in [1.54, 1.807) is 31.6 Å². The van der Waals surface area contributed by atoms with E-state index in [1.165, 1.54) is 10.7 Å². The Hall–Kier alpha value is -3.83. The van der Waals surface area contributed by atoms with Crippen LogP contribution in [0, 0.1) is 5.82 Å². The Bertz CT molecular complexity index is 1550. The molecule has 39 heavy (non-hydrogen) atoms. The minimum Gasteiger partial charge on any atom is -0.460 e. The number of anilines is 2. The van der Waals surface area contributed by atoms with Gasteiger partial charge in [-0.2, -0.15) is 10.1 Å². The fraction of sp³-hybridized carbons (Fsp3) is 0.429. The first-order valence-electron chi connectivity index (χ1n) is 13.3. The molecule has 204 valence electrons. The van der Waals surface area contributed by atoms with Gasteiger partial charge < -0.3 is 25.4 Å². The molecule has 2 fully saturated rings. The second-order valence-corrected chi connectivity index (χ2v) is 10.8. The molecule has 1 aliphatic carbocycles. The molecule has 2 aliphatic rings. The van der Waals surface area contributed by atoms with Gasteiger partial charge in [0.25, 0.3) is 5.91 Å². The number of hydrogen-bond acceptors (Lipinski definition) is 8. The van der Waals surface area contributed by atoms with Gasteiger partial charge in [-0.25, -0.2) is 9.37 Å². The molecule has 4 aromatic rings. The maximum absolute atomic E-state index is 14.7. The Morgan fingerprint density at radius 1 is 1.18 bits per heavy atom. The van der Waals surface area contributed by atoms with Crippen LogP contribution in [-0.2, 0) is 7.05 Å². The molecule has 0 spiro atoms. The summed E-state index contributed by atoms with van der Waals surface area (Å²) >= 11 is 0. The number of rotatable bonds is 5. The fourth-order valence-electron chi connectivity index (χ4n) is 5.78. The largest absolute Gasteiger partial charge is 0.460 e. The van der Waals surface area contributed by atoms with Crippen LogP contribution in [-0.4, -0.2) is 68.1 Å². The topological polar surface area (TPSA) is 117 Å². The number of benzene rings is 2. The third kappa shape index (κ3) is 5.11. The zero-order chi connectivity index (χ0) is 27.3. The van der Waals surface area contributed by atoms with Crippen molar-refractivity contribution >= 4 is 39.1 Å². The maximum Gasteiger partial charge on any atom is 0.317 e. The highest BCUT2D eigenvalue weighted by Gasteiger charge is 2.27. The standard InChI is InChI=1S/C28H32FN7O3/c1-15-12-36(13-16(2)31-15)24-7-6-21(26-22(24)11-30-28(33-26)39-20-5-4-19(37)10-20)27(38)32-18-8-17-14-35(3)34-25(17)23(29)9-18/h6-9,11,14-16,19-20,31,37H,4-5,10,12-13H2,1-3H3,(H,32,38)/t15-,16+,19-,20+/m1/s1. The highest BCUT2D eigenvalue weighted by molar-refractivity contribution is 6.14. The fourth-order valence-corrected chi connectivity index (χ4v) is 5.78. The summed E-state index contributed by atoms with van der Waals surface area (Å²) in [5.74, 6) is -0.931. The minimum absolute atomic E-state index is 0.165. The third-order valence-electron chi connectivity index (χ3n) is 7.41. The second kappa shape index (κ2) is 10.0. The molecular formula is C28H32FN7O3. The van der Waals surface area contributed by atoms with E-state index < -0.39 is 17.8 Å². The summed E-state index contributed by atoms with van der Waals surface area (Å²) in [6.07, 6.45) is 4.74. The lowest BCUT2D eigenvalue weighted by Gasteiger charge is -2.38. The molecule has 10 nitrogen and oxygen atoms in total. The molecule has 2 aromatic carbocycles. The van der Waals surface area contributed by atoms with Crippen molar-refractivity contribution in [3.8, 4) is 6.01 Å². The van der Waals surface area contributed by atoms with E-state index in [9.17, 15) is 14.3 Å². The number of amides is 1. The van der Waals surface area contributed by atoms with Crippen LogP contribution in [0.5, 0.6) is 6.01 Å². The summed E-state index contributed by atoms with van der Waals surface area (Å²) < 4.78 is 22.2. The number of fused-ring (bicyclic) bond motifs is 2. The van der Waals surface area contributed by atoms with E-state index in [0.717, 1.165) is 30.6 Å². The molecule has 0 unspecified atom stereocenters. The molecule has 0 radical (unpaired) electrons. The summed E-state index contributed by atoms with van der Waals surface area (Å²) in [4.78, 5) is 25.0. The summed E-state index contributed by atoms with van der Waals surface area (Å²) in [5, 5.41) is 21.7. The monoisotopic (exact) mass is 533 g/mol. The van der Waals surface area contributed by atoms with E-state index >= 15 is 0 Å². The minimum atomic E-state index is -0.512. The lowest BCUT2D eigenvalue weighted by Crippen LogP contribution is -2.54.